The Bertz CT molecular complexity index is 801. The van der Waals surface area contributed by atoms with Crippen molar-refractivity contribution < 1.29 is 9.59 Å². The third kappa shape index (κ3) is 6.35. The third-order valence-electron chi connectivity index (χ3n) is 3.18. The number of nitrogens with one attached hydrogen (secondary N) is 2. The molecule has 2 N–H and O–H groups in total. The van der Waals surface area contributed by atoms with Gasteiger partial charge in [-0.25, -0.2) is 5.43 Å². The number of hydrogen-bond donors (Lipinski definition) is 2. The maximum Gasteiger partial charge on any atom is 0.259 e. The minimum absolute atomic E-state index is 0.154. The Morgan fingerprint density at radius 3 is 2.48 bits per heavy atom. The maximum absolute atomic E-state index is 12.0. The number of carbonyl (C=O) groups excluding carboxylic acids is 2. The normalized spacial score (nSPS) is 11.4. The molecule has 0 radical (unpaired) electrons. The van der Waals surface area contributed by atoms with E-state index in [2.05, 4.69) is 31.8 Å². The Labute approximate surface area is 155 Å². The van der Waals surface area contributed by atoms with E-state index in [0.717, 1.165) is 11.1 Å². The Balaban J connectivity index is 1.80. The van der Waals surface area contributed by atoms with Crippen molar-refractivity contribution in [3.63, 3.8) is 0 Å². The van der Waals surface area contributed by atoms with Crippen LogP contribution in [0.1, 0.15) is 22.8 Å². The van der Waals surface area contributed by atoms with Gasteiger partial charge in [0, 0.05) is 4.47 Å². The number of halogens is 1. The van der Waals surface area contributed by atoms with Crippen LogP contribution in [-0.4, -0.2) is 24.6 Å². The van der Waals surface area contributed by atoms with E-state index < -0.39 is 5.91 Å². The second kappa shape index (κ2) is 9.54. The van der Waals surface area contributed by atoms with Gasteiger partial charge in [0.2, 0.25) is 0 Å². The van der Waals surface area contributed by atoms with Crippen LogP contribution in [0.15, 0.2) is 69.7 Å². The van der Waals surface area contributed by atoms with E-state index in [1.54, 1.807) is 24.4 Å². The molecule has 0 unspecified atom stereocenters. The molecule has 5 nitrogen and oxygen atoms in total. The van der Waals surface area contributed by atoms with Gasteiger partial charge in [-0.3, -0.25) is 9.59 Å². The zero-order valence-corrected chi connectivity index (χ0v) is 15.3. The Morgan fingerprint density at radius 2 is 1.76 bits per heavy atom. The van der Waals surface area contributed by atoms with Gasteiger partial charge in [-0.1, -0.05) is 48.5 Å². The van der Waals surface area contributed by atoms with Gasteiger partial charge in [-0.2, -0.15) is 5.10 Å². The lowest BCUT2D eigenvalue weighted by Gasteiger charge is -2.05. The number of hydrazone groups is 1. The van der Waals surface area contributed by atoms with E-state index in [9.17, 15) is 9.59 Å². The highest BCUT2D eigenvalue weighted by atomic mass is 79.9. The summed E-state index contributed by atoms with van der Waals surface area (Å²) in [6.45, 7) is 1.73. The summed E-state index contributed by atoms with van der Waals surface area (Å²) in [5.74, 6) is -0.726. The van der Waals surface area contributed by atoms with Gasteiger partial charge in [0.1, 0.15) is 0 Å². The first-order valence-corrected chi connectivity index (χ1v) is 8.43. The highest BCUT2D eigenvalue weighted by Crippen LogP contribution is 2.15. The fourth-order valence-electron chi connectivity index (χ4n) is 2.00. The molecular weight excluding hydrogens is 382 g/mol. The van der Waals surface area contributed by atoms with Crippen LogP contribution >= 0.6 is 15.9 Å². The van der Waals surface area contributed by atoms with Gasteiger partial charge in [-0.15, -0.1) is 0 Å². The minimum atomic E-state index is -0.399. The molecule has 0 aliphatic heterocycles. The predicted octanol–water partition coefficient (Wildman–Crippen LogP) is 3.38. The lowest BCUT2D eigenvalue weighted by Crippen LogP contribution is -2.35. The van der Waals surface area contributed by atoms with Crippen molar-refractivity contribution in [2.45, 2.75) is 6.92 Å². The molecule has 0 aliphatic carbocycles. The molecule has 0 spiro atoms. The van der Waals surface area contributed by atoms with Gasteiger partial charge in [0.15, 0.2) is 0 Å². The van der Waals surface area contributed by atoms with E-state index in [1.165, 1.54) is 0 Å². The highest BCUT2D eigenvalue weighted by molar-refractivity contribution is 9.10. The molecule has 2 aromatic carbocycles. The van der Waals surface area contributed by atoms with Crippen LogP contribution in [0.3, 0.4) is 0 Å². The number of rotatable bonds is 6. The SMILES string of the molecule is C/C(C=NNC(=O)CNC(=O)c1ccccc1Br)=C/c1ccccc1. The molecule has 0 heterocycles. The minimum Gasteiger partial charge on any atom is -0.343 e. The topological polar surface area (TPSA) is 70.6 Å². The average Bonchev–Trinajstić information content (AvgIpc) is 2.61. The standard InChI is InChI=1S/C19H18BrN3O2/c1-14(11-15-7-3-2-4-8-15)12-22-23-18(24)13-21-19(25)16-9-5-6-10-17(16)20/h2-12H,13H2,1H3,(H,21,25)(H,23,24)/b14-11-,22-12?. The highest BCUT2D eigenvalue weighted by Gasteiger charge is 2.10. The van der Waals surface area contributed by atoms with Crippen LogP contribution in [0, 0.1) is 0 Å². The monoisotopic (exact) mass is 399 g/mol. The van der Waals surface area contributed by atoms with Gasteiger partial charge >= 0.3 is 0 Å². The van der Waals surface area contributed by atoms with E-state index in [-0.39, 0.29) is 12.5 Å². The summed E-state index contributed by atoms with van der Waals surface area (Å²) in [5, 5.41) is 6.43. The smallest absolute Gasteiger partial charge is 0.259 e. The lowest BCUT2D eigenvalue weighted by molar-refractivity contribution is -0.120. The first-order chi connectivity index (χ1) is 12.1. The summed E-state index contributed by atoms with van der Waals surface area (Å²) in [6, 6.07) is 16.8. The third-order valence-corrected chi connectivity index (χ3v) is 3.87. The Morgan fingerprint density at radius 1 is 1.08 bits per heavy atom. The van der Waals surface area contributed by atoms with Crippen molar-refractivity contribution in [3.8, 4) is 0 Å². The molecule has 2 rings (SSSR count). The van der Waals surface area contributed by atoms with Crippen molar-refractivity contribution in [1.82, 2.24) is 10.7 Å². The van der Waals surface area contributed by atoms with Crippen molar-refractivity contribution in [2.75, 3.05) is 6.54 Å². The first-order valence-electron chi connectivity index (χ1n) is 7.64. The summed E-state index contributed by atoms with van der Waals surface area (Å²) in [6.07, 6.45) is 3.50. The summed E-state index contributed by atoms with van der Waals surface area (Å²) in [5.41, 5.74) is 4.80. The molecule has 2 amide bonds. The molecule has 0 atom stereocenters. The molecule has 0 saturated carbocycles. The molecule has 128 valence electrons. The molecule has 6 heteroatoms. The van der Waals surface area contributed by atoms with Crippen LogP contribution in [-0.2, 0) is 4.79 Å². The first kappa shape index (κ1) is 18.6. The van der Waals surface area contributed by atoms with E-state index in [1.807, 2.05) is 49.4 Å². The second-order valence-corrected chi connectivity index (χ2v) is 6.11. The van der Waals surface area contributed by atoms with Crippen molar-refractivity contribution in [2.24, 2.45) is 5.10 Å². The molecule has 2 aromatic rings. The molecule has 25 heavy (non-hydrogen) atoms. The number of amides is 2. The number of allylic oxidation sites excluding steroid dienone is 1. The quantitative estimate of drug-likeness (QED) is 0.577. The van der Waals surface area contributed by atoms with Gasteiger partial charge in [0.05, 0.1) is 18.3 Å². The number of hydrogen-bond acceptors (Lipinski definition) is 3. The fraction of sp³-hybridized carbons (Fsp3) is 0.105. The van der Waals surface area contributed by atoms with E-state index >= 15 is 0 Å². The van der Waals surface area contributed by atoms with E-state index in [4.69, 9.17) is 0 Å². The molecule has 0 aliphatic rings. The summed E-state index contributed by atoms with van der Waals surface area (Å²) >= 11 is 3.30. The van der Waals surface area contributed by atoms with Crippen molar-refractivity contribution in [1.29, 1.82) is 0 Å². The Hall–Kier alpha value is -2.73. The molecular formula is C19H18BrN3O2. The molecule has 0 bridgehead atoms. The van der Waals surface area contributed by atoms with Crippen LogP contribution in [0.5, 0.6) is 0 Å². The summed E-state index contributed by atoms with van der Waals surface area (Å²) in [7, 11) is 0. The number of carbonyl (C=O) groups is 2. The zero-order valence-electron chi connectivity index (χ0n) is 13.7. The maximum atomic E-state index is 12.0. The van der Waals surface area contributed by atoms with Gasteiger partial charge < -0.3 is 5.32 Å². The van der Waals surface area contributed by atoms with Crippen LogP contribution in [0.4, 0.5) is 0 Å². The Kier molecular flexibility index (Phi) is 7.10. The van der Waals surface area contributed by atoms with Crippen LogP contribution in [0.25, 0.3) is 6.08 Å². The molecule has 0 saturated heterocycles. The molecule has 0 fully saturated rings. The second-order valence-electron chi connectivity index (χ2n) is 5.25. The van der Waals surface area contributed by atoms with Gasteiger partial charge in [-0.05, 0) is 46.1 Å². The van der Waals surface area contributed by atoms with Crippen LogP contribution in [0.2, 0.25) is 0 Å². The molecule has 0 aromatic heterocycles. The number of nitrogens with zero attached hydrogens (tertiary/aromatic N) is 1. The summed E-state index contributed by atoms with van der Waals surface area (Å²) in [4.78, 5) is 23.7. The summed E-state index contributed by atoms with van der Waals surface area (Å²) < 4.78 is 0.674. The fourth-order valence-corrected chi connectivity index (χ4v) is 2.46. The largest absolute Gasteiger partial charge is 0.343 e. The van der Waals surface area contributed by atoms with Crippen molar-refractivity contribution in [3.05, 3.63) is 75.8 Å². The zero-order chi connectivity index (χ0) is 18.1. The number of benzene rings is 2. The lowest BCUT2D eigenvalue weighted by atomic mass is 10.1. The van der Waals surface area contributed by atoms with Gasteiger partial charge in [0.25, 0.3) is 11.8 Å². The van der Waals surface area contributed by atoms with Crippen molar-refractivity contribution >= 4 is 40.0 Å². The van der Waals surface area contributed by atoms with E-state index in [0.29, 0.717) is 10.0 Å². The average molecular weight is 400 g/mol. The predicted molar refractivity (Wildman–Crippen MR) is 103 cm³/mol. The van der Waals surface area contributed by atoms with Crippen LogP contribution < -0.4 is 10.7 Å².